The van der Waals surface area contributed by atoms with Gasteiger partial charge in [0.2, 0.25) is 0 Å². The van der Waals surface area contributed by atoms with Gasteiger partial charge in [-0.25, -0.2) is 4.98 Å². The maximum Gasteiger partial charge on any atom is 0.261 e. The predicted molar refractivity (Wildman–Crippen MR) is 92.1 cm³/mol. The van der Waals surface area contributed by atoms with Crippen molar-refractivity contribution in [1.29, 1.82) is 0 Å². The Bertz CT molecular complexity index is 845. The topological polar surface area (TPSA) is 56.6 Å². The normalized spacial score (nSPS) is 23.6. The third-order valence-electron chi connectivity index (χ3n) is 5.53. The molecular formula is C18H23N3O3. The Kier molecular flexibility index (Phi) is 3.72. The summed E-state index contributed by atoms with van der Waals surface area (Å²) in [7, 11) is 5.36. The molecular weight excluding hydrogens is 306 g/mol. The number of hydrogen-bond donors (Lipinski definition) is 0. The van der Waals surface area contributed by atoms with Crippen LogP contribution >= 0.6 is 0 Å². The van der Waals surface area contributed by atoms with Gasteiger partial charge in [0, 0.05) is 24.6 Å². The molecule has 2 aliphatic heterocycles. The molecule has 1 aromatic carbocycles. The smallest absolute Gasteiger partial charge is 0.261 e. The zero-order chi connectivity index (χ0) is 16.8. The molecule has 1 aromatic heterocycles. The molecule has 0 radical (unpaired) electrons. The number of benzene rings is 1. The van der Waals surface area contributed by atoms with E-state index in [-0.39, 0.29) is 5.56 Å². The number of methoxy groups -OCH3 is 2. The fourth-order valence-corrected chi connectivity index (χ4v) is 4.27. The number of piperidine rings is 1. The van der Waals surface area contributed by atoms with E-state index in [2.05, 4.69) is 11.9 Å². The Hall–Kier alpha value is -2.08. The molecule has 1 saturated heterocycles. The first-order valence-electron chi connectivity index (χ1n) is 8.50. The summed E-state index contributed by atoms with van der Waals surface area (Å²) in [6.07, 6.45) is 3.26. The molecule has 0 saturated carbocycles. The van der Waals surface area contributed by atoms with Crippen molar-refractivity contribution in [1.82, 2.24) is 14.5 Å². The summed E-state index contributed by atoms with van der Waals surface area (Å²) in [6, 6.07) is 4.05. The Morgan fingerprint density at radius 1 is 1.12 bits per heavy atom. The van der Waals surface area contributed by atoms with Crippen molar-refractivity contribution < 1.29 is 9.47 Å². The van der Waals surface area contributed by atoms with E-state index in [4.69, 9.17) is 14.5 Å². The number of likely N-dealkylation sites (tertiary alicyclic amines) is 1. The first-order valence-corrected chi connectivity index (χ1v) is 8.50. The highest BCUT2D eigenvalue weighted by Gasteiger charge is 2.36. The summed E-state index contributed by atoms with van der Waals surface area (Å²) in [5.74, 6) is 2.44. The van der Waals surface area contributed by atoms with Gasteiger partial charge in [-0.3, -0.25) is 9.36 Å². The van der Waals surface area contributed by atoms with Crippen LogP contribution in [0.25, 0.3) is 10.9 Å². The number of nitrogens with zero attached hydrogens (tertiary/aromatic N) is 3. The number of aromatic nitrogens is 2. The van der Waals surface area contributed by atoms with Crippen LogP contribution in [0.5, 0.6) is 11.5 Å². The lowest BCUT2D eigenvalue weighted by molar-refractivity contribution is 0.123. The zero-order valence-corrected chi connectivity index (χ0v) is 14.4. The van der Waals surface area contributed by atoms with Gasteiger partial charge in [0.1, 0.15) is 5.82 Å². The lowest BCUT2D eigenvalue weighted by atomic mass is 9.84. The lowest BCUT2D eigenvalue weighted by Crippen LogP contribution is -2.47. The van der Waals surface area contributed by atoms with Crippen LogP contribution in [0.1, 0.15) is 31.0 Å². The quantitative estimate of drug-likeness (QED) is 0.843. The van der Waals surface area contributed by atoms with Crippen molar-refractivity contribution in [2.45, 2.75) is 37.8 Å². The lowest BCUT2D eigenvalue weighted by Gasteiger charge is -2.42. The zero-order valence-electron chi connectivity index (χ0n) is 14.4. The third-order valence-corrected chi connectivity index (χ3v) is 5.53. The van der Waals surface area contributed by atoms with Crippen molar-refractivity contribution in [2.75, 3.05) is 27.8 Å². The van der Waals surface area contributed by atoms with Crippen molar-refractivity contribution in [3.05, 3.63) is 28.3 Å². The third kappa shape index (κ3) is 2.20. The van der Waals surface area contributed by atoms with E-state index in [9.17, 15) is 4.79 Å². The summed E-state index contributed by atoms with van der Waals surface area (Å²) in [5, 5.41) is 0.596. The van der Waals surface area contributed by atoms with Gasteiger partial charge in [0.05, 0.1) is 25.1 Å². The van der Waals surface area contributed by atoms with Gasteiger partial charge in [0.25, 0.3) is 5.56 Å². The van der Waals surface area contributed by atoms with Gasteiger partial charge < -0.3 is 14.4 Å². The van der Waals surface area contributed by atoms with Crippen molar-refractivity contribution in [3.8, 4) is 11.5 Å². The number of rotatable bonds is 2. The van der Waals surface area contributed by atoms with Crippen molar-refractivity contribution in [3.63, 3.8) is 0 Å². The van der Waals surface area contributed by atoms with Gasteiger partial charge in [-0.15, -0.1) is 0 Å². The van der Waals surface area contributed by atoms with Crippen LogP contribution in [0.15, 0.2) is 16.9 Å². The molecule has 0 N–H and O–H groups in total. The van der Waals surface area contributed by atoms with Crippen LogP contribution < -0.4 is 15.0 Å². The highest BCUT2D eigenvalue weighted by atomic mass is 16.5. The Morgan fingerprint density at radius 2 is 1.88 bits per heavy atom. The van der Waals surface area contributed by atoms with E-state index in [1.165, 1.54) is 0 Å². The van der Waals surface area contributed by atoms with Crippen LogP contribution in [0.4, 0.5) is 0 Å². The molecule has 24 heavy (non-hydrogen) atoms. The standard InChI is InChI=1S/C18H23N3O3/c1-20-7-4-5-11-14(20)6-8-21-17(11)19-13-10-16(24-3)15(23-2)9-12(13)18(21)22/h9-11,14H,4-8H2,1-3H3/t11-,14-/m1/s1. The Morgan fingerprint density at radius 3 is 2.62 bits per heavy atom. The summed E-state index contributed by atoms with van der Waals surface area (Å²) in [6.45, 7) is 1.86. The molecule has 0 bridgehead atoms. The molecule has 4 rings (SSSR count). The van der Waals surface area contributed by atoms with E-state index in [1.807, 2.05) is 10.6 Å². The molecule has 3 heterocycles. The molecule has 0 spiro atoms. The molecule has 0 aliphatic carbocycles. The average molecular weight is 329 g/mol. The minimum Gasteiger partial charge on any atom is -0.493 e. The van der Waals surface area contributed by atoms with E-state index in [0.717, 1.165) is 38.2 Å². The van der Waals surface area contributed by atoms with Crippen LogP contribution in [0.3, 0.4) is 0 Å². The molecule has 2 aliphatic rings. The second-order valence-corrected chi connectivity index (χ2v) is 6.74. The van der Waals surface area contributed by atoms with Gasteiger partial charge in [-0.05, 0) is 38.9 Å². The molecule has 2 aromatic rings. The first-order chi connectivity index (χ1) is 11.6. The number of likely N-dealkylation sites (N-methyl/N-ethyl adjacent to an activating group) is 1. The van der Waals surface area contributed by atoms with E-state index < -0.39 is 0 Å². The predicted octanol–water partition coefficient (Wildman–Crippen LogP) is 2.00. The van der Waals surface area contributed by atoms with E-state index >= 15 is 0 Å². The van der Waals surface area contributed by atoms with Crippen molar-refractivity contribution >= 4 is 10.9 Å². The summed E-state index contributed by atoms with van der Waals surface area (Å²) in [4.78, 5) is 20.3. The van der Waals surface area contributed by atoms with Gasteiger partial charge in [-0.2, -0.15) is 0 Å². The number of hydrogen-bond acceptors (Lipinski definition) is 5. The SMILES string of the molecule is COc1cc2nc3n(c(=O)c2cc1OC)CC[C@@H]1[C@H]3CCCN1C. The second kappa shape index (κ2) is 5.77. The second-order valence-electron chi connectivity index (χ2n) is 6.74. The van der Waals surface area contributed by atoms with Crippen LogP contribution in [-0.4, -0.2) is 48.3 Å². The van der Waals surface area contributed by atoms with Gasteiger partial charge in [-0.1, -0.05) is 0 Å². The first kappa shape index (κ1) is 15.4. The maximum atomic E-state index is 13.0. The fourth-order valence-electron chi connectivity index (χ4n) is 4.27. The highest BCUT2D eigenvalue weighted by molar-refractivity contribution is 5.82. The average Bonchev–Trinajstić information content (AvgIpc) is 2.61. The fraction of sp³-hybridized carbons (Fsp3) is 0.556. The summed E-state index contributed by atoms with van der Waals surface area (Å²) in [5.41, 5.74) is 0.723. The highest BCUT2D eigenvalue weighted by Crippen LogP contribution is 2.37. The Balaban J connectivity index is 1.93. The number of fused-ring (bicyclic) bond motifs is 4. The van der Waals surface area contributed by atoms with E-state index in [1.54, 1.807) is 20.3 Å². The molecule has 0 amide bonds. The molecule has 6 heteroatoms. The Labute approximate surface area is 141 Å². The van der Waals surface area contributed by atoms with Crippen LogP contribution in [-0.2, 0) is 6.54 Å². The molecule has 0 unspecified atom stereocenters. The summed E-state index contributed by atoms with van der Waals surface area (Å²) >= 11 is 0. The summed E-state index contributed by atoms with van der Waals surface area (Å²) < 4.78 is 12.6. The largest absolute Gasteiger partial charge is 0.493 e. The van der Waals surface area contributed by atoms with Crippen LogP contribution in [0.2, 0.25) is 0 Å². The molecule has 128 valence electrons. The molecule has 2 atom stereocenters. The molecule has 6 nitrogen and oxygen atoms in total. The number of ether oxygens (including phenoxy) is 2. The van der Waals surface area contributed by atoms with Crippen LogP contribution in [0, 0.1) is 0 Å². The van der Waals surface area contributed by atoms with E-state index in [0.29, 0.717) is 34.4 Å². The minimum atomic E-state index is 0.0302. The monoisotopic (exact) mass is 329 g/mol. The van der Waals surface area contributed by atoms with Gasteiger partial charge >= 0.3 is 0 Å². The minimum absolute atomic E-state index is 0.0302. The maximum absolute atomic E-state index is 13.0. The molecule has 1 fully saturated rings. The van der Waals surface area contributed by atoms with Crippen molar-refractivity contribution in [2.24, 2.45) is 0 Å². The van der Waals surface area contributed by atoms with Gasteiger partial charge in [0.15, 0.2) is 11.5 Å².